The maximum atomic E-state index is 12.9. The zero-order valence-electron chi connectivity index (χ0n) is 10.2. The van der Waals surface area contributed by atoms with Gasteiger partial charge in [0.1, 0.15) is 0 Å². The largest absolute Gasteiger partial charge is 0.352 e. The van der Waals surface area contributed by atoms with Crippen molar-refractivity contribution in [3.63, 3.8) is 0 Å². The quantitative estimate of drug-likeness (QED) is 0.800. The summed E-state index contributed by atoms with van der Waals surface area (Å²) < 4.78 is 25.6. The Morgan fingerprint density at radius 1 is 1.44 bits per heavy atom. The molecule has 0 saturated heterocycles. The molecule has 0 aromatic heterocycles. The molecule has 4 heteroatoms. The molecule has 1 amide bonds. The summed E-state index contributed by atoms with van der Waals surface area (Å²) in [6, 6.07) is 3.35. The van der Waals surface area contributed by atoms with Crippen LogP contribution in [-0.2, 0) is 11.2 Å². The van der Waals surface area contributed by atoms with Crippen LogP contribution in [0.2, 0.25) is 0 Å². The monoisotopic (exact) mass is 251 g/mol. The molecule has 1 N–H and O–H groups in total. The van der Waals surface area contributed by atoms with Gasteiger partial charge in [-0.05, 0) is 24.1 Å². The van der Waals surface area contributed by atoms with Crippen molar-refractivity contribution in [1.29, 1.82) is 0 Å². The van der Waals surface area contributed by atoms with E-state index in [1.807, 2.05) is 6.92 Å². The van der Waals surface area contributed by atoms with Gasteiger partial charge in [-0.15, -0.1) is 12.3 Å². The van der Waals surface area contributed by atoms with Gasteiger partial charge in [-0.3, -0.25) is 4.79 Å². The van der Waals surface area contributed by atoms with Crippen LogP contribution in [0.25, 0.3) is 0 Å². The van der Waals surface area contributed by atoms with Gasteiger partial charge in [0.05, 0.1) is 6.42 Å². The fraction of sp³-hybridized carbons (Fsp3) is 0.357. The van der Waals surface area contributed by atoms with Crippen molar-refractivity contribution in [3.8, 4) is 12.3 Å². The lowest BCUT2D eigenvalue weighted by Gasteiger charge is -2.14. The minimum atomic E-state index is -0.948. The predicted octanol–water partition coefficient (Wildman–Crippen LogP) is 2.43. The highest BCUT2D eigenvalue weighted by molar-refractivity contribution is 5.78. The first-order valence-electron chi connectivity index (χ1n) is 5.73. The molecule has 1 atom stereocenters. The van der Waals surface area contributed by atoms with Crippen molar-refractivity contribution in [2.24, 2.45) is 0 Å². The number of nitrogens with one attached hydrogen (secondary N) is 1. The van der Waals surface area contributed by atoms with Gasteiger partial charge in [0.15, 0.2) is 11.6 Å². The number of carbonyl (C=O) groups excluding carboxylic acids is 1. The van der Waals surface area contributed by atoms with E-state index in [4.69, 9.17) is 6.42 Å². The van der Waals surface area contributed by atoms with Crippen molar-refractivity contribution in [2.75, 3.05) is 0 Å². The lowest BCUT2D eigenvalue weighted by molar-refractivity contribution is -0.121. The molecular weight excluding hydrogens is 236 g/mol. The summed E-state index contributed by atoms with van der Waals surface area (Å²) in [5.41, 5.74) is 0.432. The summed E-state index contributed by atoms with van der Waals surface area (Å²) in [6.45, 7) is 1.92. The molecule has 96 valence electrons. The molecule has 0 spiro atoms. The fourth-order valence-corrected chi connectivity index (χ4v) is 1.55. The minimum Gasteiger partial charge on any atom is -0.352 e. The highest BCUT2D eigenvalue weighted by Gasteiger charge is 2.11. The average Bonchev–Trinajstić information content (AvgIpc) is 2.33. The van der Waals surface area contributed by atoms with E-state index < -0.39 is 11.6 Å². The molecule has 2 nitrogen and oxygen atoms in total. The molecule has 1 aromatic carbocycles. The van der Waals surface area contributed by atoms with Crippen LogP contribution in [0.5, 0.6) is 0 Å². The van der Waals surface area contributed by atoms with E-state index in [9.17, 15) is 13.6 Å². The van der Waals surface area contributed by atoms with Crippen LogP contribution in [0, 0.1) is 24.0 Å². The molecule has 1 aromatic rings. The minimum absolute atomic E-state index is 0.0122. The van der Waals surface area contributed by atoms with Crippen LogP contribution in [0.3, 0.4) is 0 Å². The lowest BCUT2D eigenvalue weighted by Crippen LogP contribution is -2.35. The zero-order valence-corrected chi connectivity index (χ0v) is 10.2. The molecule has 0 fully saturated rings. The highest BCUT2D eigenvalue weighted by Crippen LogP contribution is 2.09. The van der Waals surface area contributed by atoms with Gasteiger partial charge < -0.3 is 5.32 Å². The van der Waals surface area contributed by atoms with E-state index in [-0.39, 0.29) is 18.4 Å². The Morgan fingerprint density at radius 2 is 2.17 bits per heavy atom. The summed E-state index contributed by atoms with van der Waals surface area (Å²) in [4.78, 5) is 11.7. The third-order valence-electron chi connectivity index (χ3n) is 2.57. The van der Waals surface area contributed by atoms with Gasteiger partial charge >= 0.3 is 0 Å². The molecule has 0 aliphatic carbocycles. The number of carbonyl (C=O) groups is 1. The smallest absolute Gasteiger partial charge is 0.224 e. The van der Waals surface area contributed by atoms with Crippen molar-refractivity contribution in [1.82, 2.24) is 5.32 Å². The van der Waals surface area contributed by atoms with Crippen molar-refractivity contribution < 1.29 is 13.6 Å². The highest BCUT2D eigenvalue weighted by atomic mass is 19.2. The van der Waals surface area contributed by atoms with Crippen LogP contribution in [0.4, 0.5) is 8.78 Å². The van der Waals surface area contributed by atoms with Gasteiger partial charge in [0.25, 0.3) is 0 Å². The van der Waals surface area contributed by atoms with Gasteiger partial charge in [0.2, 0.25) is 5.91 Å². The van der Waals surface area contributed by atoms with Gasteiger partial charge in [-0.1, -0.05) is 13.0 Å². The van der Waals surface area contributed by atoms with E-state index in [0.717, 1.165) is 18.6 Å². The topological polar surface area (TPSA) is 29.1 Å². The SMILES string of the molecule is C#CCC(CC)NC(=O)Cc1ccc(F)c(F)c1. The van der Waals surface area contributed by atoms with E-state index in [1.54, 1.807) is 0 Å². The first-order valence-corrected chi connectivity index (χ1v) is 5.73. The summed E-state index contributed by atoms with van der Waals surface area (Å²) in [5.74, 6) is 0.366. The average molecular weight is 251 g/mol. The molecule has 18 heavy (non-hydrogen) atoms. The summed E-state index contributed by atoms with van der Waals surface area (Å²) >= 11 is 0. The molecule has 0 aliphatic heterocycles. The lowest BCUT2D eigenvalue weighted by atomic mass is 10.1. The van der Waals surface area contributed by atoms with Crippen LogP contribution >= 0.6 is 0 Å². The summed E-state index contributed by atoms with van der Waals surface area (Å²) in [7, 11) is 0. The van der Waals surface area contributed by atoms with E-state index >= 15 is 0 Å². The molecule has 1 rings (SSSR count). The summed E-state index contributed by atoms with van der Waals surface area (Å²) in [5, 5.41) is 2.75. The Balaban J connectivity index is 2.59. The first-order chi connectivity index (χ1) is 8.56. The molecule has 0 bridgehead atoms. The molecule has 1 unspecified atom stereocenters. The fourth-order valence-electron chi connectivity index (χ4n) is 1.55. The standard InChI is InChI=1S/C14H15F2NO/c1-3-5-11(4-2)17-14(18)9-10-6-7-12(15)13(16)8-10/h1,6-8,11H,4-5,9H2,2H3,(H,17,18). The van der Waals surface area contributed by atoms with Gasteiger partial charge in [-0.25, -0.2) is 8.78 Å². The second-order valence-electron chi connectivity index (χ2n) is 4.01. The van der Waals surface area contributed by atoms with Crippen LogP contribution < -0.4 is 5.32 Å². The number of halogens is 2. The predicted molar refractivity (Wildman–Crippen MR) is 65.7 cm³/mol. The molecule has 0 heterocycles. The Morgan fingerprint density at radius 3 is 2.72 bits per heavy atom. The van der Waals surface area contributed by atoms with Gasteiger partial charge in [-0.2, -0.15) is 0 Å². The van der Waals surface area contributed by atoms with Crippen LogP contribution in [0.15, 0.2) is 18.2 Å². The number of rotatable bonds is 5. The maximum absolute atomic E-state index is 12.9. The molecule has 0 aliphatic rings. The van der Waals surface area contributed by atoms with Crippen molar-refractivity contribution >= 4 is 5.91 Å². The van der Waals surface area contributed by atoms with Crippen LogP contribution in [-0.4, -0.2) is 11.9 Å². The second kappa shape index (κ2) is 6.75. The Bertz CT molecular complexity index is 465. The van der Waals surface area contributed by atoms with E-state index in [2.05, 4.69) is 11.2 Å². The number of benzene rings is 1. The number of amides is 1. The molecule has 0 saturated carbocycles. The van der Waals surface area contributed by atoms with Gasteiger partial charge in [0, 0.05) is 12.5 Å². The molecular formula is C14H15F2NO. The third-order valence-corrected chi connectivity index (χ3v) is 2.57. The normalized spacial score (nSPS) is 11.7. The maximum Gasteiger partial charge on any atom is 0.224 e. The van der Waals surface area contributed by atoms with E-state index in [0.29, 0.717) is 12.0 Å². The first kappa shape index (κ1) is 14.2. The third kappa shape index (κ3) is 4.17. The zero-order chi connectivity index (χ0) is 13.5. The Labute approximate surface area is 105 Å². The second-order valence-corrected chi connectivity index (χ2v) is 4.01. The number of terminal acetylenes is 1. The Hall–Kier alpha value is -1.89. The molecule has 0 radical (unpaired) electrons. The van der Waals surface area contributed by atoms with Crippen molar-refractivity contribution in [3.05, 3.63) is 35.4 Å². The van der Waals surface area contributed by atoms with E-state index in [1.165, 1.54) is 6.07 Å². The van der Waals surface area contributed by atoms with Crippen molar-refractivity contribution in [2.45, 2.75) is 32.2 Å². The van der Waals surface area contributed by atoms with Crippen LogP contribution in [0.1, 0.15) is 25.3 Å². The Kier molecular flexibility index (Phi) is 5.31. The summed E-state index contributed by atoms with van der Waals surface area (Å²) in [6.07, 6.45) is 6.38. The number of hydrogen-bond donors (Lipinski definition) is 1. The number of hydrogen-bond acceptors (Lipinski definition) is 1.